The van der Waals surface area contributed by atoms with Crippen LogP contribution in [0.4, 0.5) is 5.69 Å². The van der Waals surface area contributed by atoms with Crippen molar-refractivity contribution in [1.29, 1.82) is 0 Å². The summed E-state index contributed by atoms with van der Waals surface area (Å²) in [4.78, 5) is 61.5. The summed E-state index contributed by atoms with van der Waals surface area (Å²) in [5, 5.41) is 10.0. The maximum atomic E-state index is 13.2. The number of fused-ring (bicyclic) bond motifs is 2. The van der Waals surface area contributed by atoms with Crippen molar-refractivity contribution in [2.24, 2.45) is 5.73 Å². The monoisotopic (exact) mass is 606 g/mol. The number of para-hydroxylation sites is 1. The fraction of sp³-hybridized carbons (Fsp3) is 0.387. The molecule has 234 valence electrons. The van der Waals surface area contributed by atoms with Gasteiger partial charge in [0.15, 0.2) is 0 Å². The molecule has 0 aliphatic carbocycles. The summed E-state index contributed by atoms with van der Waals surface area (Å²) in [5.74, 6) is 4.58. The van der Waals surface area contributed by atoms with E-state index in [1.54, 1.807) is 4.90 Å². The van der Waals surface area contributed by atoms with E-state index in [-0.39, 0.29) is 64.0 Å². The Morgan fingerprint density at radius 1 is 0.682 bits per heavy atom. The lowest BCUT2D eigenvalue weighted by atomic mass is 10.0. The Bertz CT molecular complexity index is 1370. The number of nitrogens with zero attached hydrogens (tertiary/aromatic N) is 1. The molecule has 0 aromatic heterocycles. The molecule has 1 heterocycles. The fourth-order valence-electron chi connectivity index (χ4n) is 4.05. The van der Waals surface area contributed by atoms with Gasteiger partial charge in [-0.05, 0) is 23.8 Å². The number of anilines is 1. The number of amides is 5. The van der Waals surface area contributed by atoms with Gasteiger partial charge in [-0.15, -0.1) is 0 Å². The van der Waals surface area contributed by atoms with Gasteiger partial charge < -0.3 is 41.4 Å². The Morgan fingerprint density at radius 2 is 1.25 bits per heavy atom. The second-order valence-electron chi connectivity index (χ2n) is 9.59. The zero-order valence-corrected chi connectivity index (χ0v) is 24.5. The molecule has 0 radical (unpaired) electrons. The summed E-state index contributed by atoms with van der Waals surface area (Å²) < 4.78 is 10.8. The molecule has 1 aliphatic rings. The molecule has 13 nitrogen and oxygen atoms in total. The summed E-state index contributed by atoms with van der Waals surface area (Å²) >= 11 is 0. The molecule has 2 aromatic rings. The molecule has 0 spiro atoms. The van der Waals surface area contributed by atoms with E-state index in [0.29, 0.717) is 26.3 Å². The van der Waals surface area contributed by atoms with E-state index in [9.17, 15) is 24.0 Å². The van der Waals surface area contributed by atoms with Crippen LogP contribution in [0.15, 0.2) is 48.5 Å². The highest BCUT2D eigenvalue weighted by molar-refractivity contribution is 5.97. The third kappa shape index (κ3) is 11.8. The molecule has 0 saturated heterocycles. The summed E-state index contributed by atoms with van der Waals surface area (Å²) in [7, 11) is 0. The molecule has 13 heteroatoms. The van der Waals surface area contributed by atoms with Crippen molar-refractivity contribution < 1.29 is 33.4 Å². The van der Waals surface area contributed by atoms with Gasteiger partial charge in [0.25, 0.3) is 0 Å². The average Bonchev–Trinajstić information content (AvgIpc) is 3.03. The molecule has 0 atom stereocenters. The second kappa shape index (κ2) is 18.7. The fourth-order valence-corrected chi connectivity index (χ4v) is 4.05. The molecule has 0 saturated carbocycles. The van der Waals surface area contributed by atoms with Crippen LogP contribution in [-0.2, 0) is 40.0 Å². The average molecular weight is 607 g/mol. The van der Waals surface area contributed by atoms with Gasteiger partial charge >= 0.3 is 0 Å². The van der Waals surface area contributed by atoms with Crippen molar-refractivity contribution in [2.75, 3.05) is 64.1 Å². The van der Waals surface area contributed by atoms with E-state index in [0.717, 1.165) is 22.4 Å². The topological polar surface area (TPSA) is 181 Å². The lowest BCUT2D eigenvalue weighted by Gasteiger charge is -2.26. The standard InChI is InChI=1S/C31H38N6O7/c32-19-28(39)35-21-30(41)36-20-29(40)34-14-16-44-18-17-43-15-13-33-27(38)11-12-31(42)37-22-25-7-2-1-5-23(25)9-10-24-6-3-4-8-26(24)37/h1-8H,11-22,32H2,(H,33,38)(H,34,40)(H,35,39)(H,36,41). The molecule has 2 aromatic carbocycles. The predicted molar refractivity (Wildman–Crippen MR) is 162 cm³/mol. The molecule has 6 N–H and O–H groups in total. The van der Waals surface area contributed by atoms with Crippen LogP contribution in [0.25, 0.3) is 0 Å². The van der Waals surface area contributed by atoms with Crippen LogP contribution in [0.2, 0.25) is 0 Å². The minimum Gasteiger partial charge on any atom is -0.377 e. The minimum absolute atomic E-state index is 0.0498. The summed E-state index contributed by atoms with van der Waals surface area (Å²) in [5.41, 5.74) is 8.44. The van der Waals surface area contributed by atoms with Gasteiger partial charge in [-0.25, -0.2) is 0 Å². The van der Waals surface area contributed by atoms with Gasteiger partial charge in [-0.1, -0.05) is 42.2 Å². The molecule has 3 rings (SSSR count). The molecule has 0 unspecified atom stereocenters. The number of carbonyl (C=O) groups is 5. The first-order valence-electron chi connectivity index (χ1n) is 14.3. The van der Waals surface area contributed by atoms with Crippen molar-refractivity contribution in [3.63, 3.8) is 0 Å². The van der Waals surface area contributed by atoms with Crippen LogP contribution < -0.4 is 31.9 Å². The summed E-state index contributed by atoms with van der Waals surface area (Å²) in [6.07, 6.45) is 0.106. The highest BCUT2D eigenvalue weighted by Crippen LogP contribution is 2.26. The maximum absolute atomic E-state index is 13.2. The molecule has 44 heavy (non-hydrogen) atoms. The molecular formula is C31H38N6O7. The number of nitrogens with one attached hydrogen (secondary N) is 4. The Labute approximate surface area is 256 Å². The number of ether oxygens (including phenoxy) is 2. The zero-order valence-electron chi connectivity index (χ0n) is 24.5. The molecular weight excluding hydrogens is 568 g/mol. The lowest BCUT2D eigenvalue weighted by Crippen LogP contribution is -2.43. The summed E-state index contributed by atoms with van der Waals surface area (Å²) in [6, 6.07) is 15.2. The largest absolute Gasteiger partial charge is 0.377 e. The zero-order chi connectivity index (χ0) is 31.6. The van der Waals surface area contributed by atoms with Crippen molar-refractivity contribution in [3.8, 4) is 11.8 Å². The van der Waals surface area contributed by atoms with Gasteiger partial charge in [0.05, 0.1) is 58.3 Å². The van der Waals surface area contributed by atoms with Gasteiger partial charge in [-0.3, -0.25) is 24.0 Å². The Balaban J connectivity index is 1.23. The highest BCUT2D eigenvalue weighted by atomic mass is 16.5. The first kappa shape index (κ1) is 33.7. The first-order chi connectivity index (χ1) is 21.4. The summed E-state index contributed by atoms with van der Waals surface area (Å²) in [6.45, 7) is 1.33. The van der Waals surface area contributed by atoms with E-state index in [1.807, 2.05) is 48.5 Å². The van der Waals surface area contributed by atoms with Crippen molar-refractivity contribution in [3.05, 3.63) is 65.2 Å². The van der Waals surface area contributed by atoms with Crippen LogP contribution in [0.3, 0.4) is 0 Å². The minimum atomic E-state index is -0.503. The maximum Gasteiger partial charge on any atom is 0.239 e. The van der Waals surface area contributed by atoms with Crippen LogP contribution in [0, 0.1) is 11.8 Å². The Hall–Kier alpha value is -4.77. The SMILES string of the molecule is NCC(=O)NCC(=O)NCC(=O)NCCOCCOCCNC(=O)CCC(=O)N1Cc2ccccc2C#Cc2ccccc21. The smallest absolute Gasteiger partial charge is 0.239 e. The van der Waals surface area contributed by atoms with Crippen molar-refractivity contribution in [2.45, 2.75) is 19.4 Å². The quantitative estimate of drug-likeness (QED) is 0.114. The highest BCUT2D eigenvalue weighted by Gasteiger charge is 2.21. The van der Waals surface area contributed by atoms with Gasteiger partial charge in [0, 0.05) is 37.1 Å². The Kier molecular flexibility index (Phi) is 14.3. The number of hydrogen-bond acceptors (Lipinski definition) is 8. The van der Waals surface area contributed by atoms with E-state index >= 15 is 0 Å². The number of hydrogen-bond donors (Lipinski definition) is 5. The number of benzene rings is 2. The molecule has 0 bridgehead atoms. The predicted octanol–water partition coefficient (Wildman–Crippen LogP) is -0.830. The van der Waals surface area contributed by atoms with E-state index in [1.165, 1.54) is 0 Å². The third-order valence-corrected chi connectivity index (χ3v) is 6.33. The molecule has 1 aliphatic heterocycles. The molecule has 0 fully saturated rings. The number of nitrogens with two attached hydrogens (primary N) is 1. The van der Waals surface area contributed by atoms with Crippen LogP contribution >= 0.6 is 0 Å². The van der Waals surface area contributed by atoms with Gasteiger partial charge in [0.1, 0.15) is 0 Å². The number of carbonyl (C=O) groups excluding carboxylic acids is 5. The lowest BCUT2D eigenvalue weighted by molar-refractivity contribution is -0.127. The van der Waals surface area contributed by atoms with E-state index in [4.69, 9.17) is 15.2 Å². The van der Waals surface area contributed by atoms with Gasteiger partial charge in [-0.2, -0.15) is 0 Å². The van der Waals surface area contributed by atoms with E-state index < -0.39 is 17.7 Å². The number of rotatable bonds is 17. The van der Waals surface area contributed by atoms with Crippen LogP contribution in [-0.4, -0.2) is 88.7 Å². The first-order valence-corrected chi connectivity index (χ1v) is 14.3. The third-order valence-electron chi connectivity index (χ3n) is 6.33. The van der Waals surface area contributed by atoms with Crippen molar-refractivity contribution in [1.82, 2.24) is 21.3 Å². The van der Waals surface area contributed by atoms with Gasteiger partial charge in [0.2, 0.25) is 29.5 Å². The van der Waals surface area contributed by atoms with Crippen LogP contribution in [0.5, 0.6) is 0 Å². The second-order valence-corrected chi connectivity index (χ2v) is 9.59. The normalized spacial score (nSPS) is 11.4. The van der Waals surface area contributed by atoms with Crippen LogP contribution in [0.1, 0.15) is 29.5 Å². The van der Waals surface area contributed by atoms with E-state index in [2.05, 4.69) is 33.1 Å². The van der Waals surface area contributed by atoms with Crippen molar-refractivity contribution >= 4 is 35.2 Å². The Morgan fingerprint density at radius 3 is 1.95 bits per heavy atom. The molecule has 5 amide bonds.